The molecule has 1 N–H and O–H groups in total. The third-order valence-corrected chi connectivity index (χ3v) is 4.27. The number of nitrogens with one attached hydrogen (secondary N) is 1. The molecule has 1 rings (SSSR count). The summed E-state index contributed by atoms with van der Waals surface area (Å²) in [6.45, 7) is 12.8. The lowest BCUT2D eigenvalue weighted by molar-refractivity contribution is 0.338. The minimum atomic E-state index is 0.459. The molecule has 0 spiro atoms. The van der Waals surface area contributed by atoms with Crippen LogP contribution in [0.5, 0.6) is 5.88 Å². The van der Waals surface area contributed by atoms with Gasteiger partial charge in [0.1, 0.15) is 6.61 Å². The summed E-state index contributed by atoms with van der Waals surface area (Å²) in [6.07, 6.45) is 9.34. The van der Waals surface area contributed by atoms with Crippen molar-refractivity contribution in [1.29, 1.82) is 5.41 Å². The number of allylic oxidation sites excluding steroid dienone is 1. The van der Waals surface area contributed by atoms with Gasteiger partial charge >= 0.3 is 0 Å². The predicted octanol–water partition coefficient (Wildman–Crippen LogP) is 6.32. The highest BCUT2D eigenvalue weighted by Crippen LogP contribution is 2.28. The Labute approximate surface area is 153 Å². The maximum absolute atomic E-state index is 7.65. The third-order valence-electron chi connectivity index (χ3n) is 4.27. The lowest BCUT2D eigenvalue weighted by Gasteiger charge is -2.19. The first-order chi connectivity index (χ1) is 12.0. The highest BCUT2D eigenvalue weighted by molar-refractivity contribution is 5.78. The molecule has 2 unspecified atom stereocenters. The number of rotatable bonds is 12. The topological polar surface area (TPSA) is 46.0 Å². The van der Waals surface area contributed by atoms with E-state index in [1.807, 2.05) is 38.1 Å². The first kappa shape index (κ1) is 21.1. The maximum Gasteiger partial charge on any atom is 0.213 e. The molecule has 0 saturated carbocycles. The average molecular weight is 343 g/mol. The summed E-state index contributed by atoms with van der Waals surface area (Å²) >= 11 is 0. The van der Waals surface area contributed by atoms with Crippen molar-refractivity contribution in [2.75, 3.05) is 6.61 Å². The van der Waals surface area contributed by atoms with Crippen LogP contribution in [0.25, 0.3) is 0 Å². The van der Waals surface area contributed by atoms with Crippen LogP contribution in [-0.4, -0.2) is 17.3 Å². The molecule has 0 saturated heterocycles. The summed E-state index contributed by atoms with van der Waals surface area (Å²) in [6, 6.07) is 6.06. The molecule has 2 atom stereocenters. The molecule has 25 heavy (non-hydrogen) atoms. The van der Waals surface area contributed by atoms with Crippen molar-refractivity contribution in [1.82, 2.24) is 4.98 Å². The standard InChI is InChI=1S/C22H34N2O/c1-6-9-18(4)16-25-22-12-8-11-21(24-22)20(10-7-2)14-13-17(3)15-19(5)23/h6,8-9,11-12,17,20,23H,4,7,10,13-16H2,1-3,5H3/b9-6-,23-19?. The molecule has 3 nitrogen and oxygen atoms in total. The van der Waals surface area contributed by atoms with Gasteiger partial charge in [-0.15, -0.1) is 0 Å². The Balaban J connectivity index is 2.70. The number of nitrogens with zero attached hydrogens (tertiary/aromatic N) is 1. The second kappa shape index (κ2) is 11.6. The van der Waals surface area contributed by atoms with Gasteiger partial charge in [0.15, 0.2) is 0 Å². The van der Waals surface area contributed by atoms with Gasteiger partial charge in [-0.1, -0.05) is 45.1 Å². The second-order valence-corrected chi connectivity index (χ2v) is 7.00. The van der Waals surface area contributed by atoms with Crippen molar-refractivity contribution in [2.45, 2.75) is 65.7 Å². The molecule has 0 amide bonds. The maximum atomic E-state index is 7.65. The van der Waals surface area contributed by atoms with E-state index in [2.05, 4.69) is 26.5 Å². The van der Waals surface area contributed by atoms with Gasteiger partial charge in [0.05, 0.1) is 0 Å². The molecule has 0 aliphatic rings. The van der Waals surface area contributed by atoms with Gasteiger partial charge in [0.2, 0.25) is 5.88 Å². The van der Waals surface area contributed by atoms with Crippen molar-refractivity contribution in [3.63, 3.8) is 0 Å². The van der Waals surface area contributed by atoms with Crippen LogP contribution >= 0.6 is 0 Å². The number of ether oxygens (including phenoxy) is 1. The summed E-state index contributed by atoms with van der Waals surface area (Å²) in [5, 5.41) is 7.65. The fourth-order valence-corrected chi connectivity index (χ4v) is 3.09. The smallest absolute Gasteiger partial charge is 0.213 e. The molecule has 1 aromatic heterocycles. The molecular formula is C22H34N2O. The Morgan fingerprint density at radius 3 is 2.72 bits per heavy atom. The van der Waals surface area contributed by atoms with Crippen LogP contribution in [0.3, 0.4) is 0 Å². The molecule has 0 aromatic carbocycles. The molecular weight excluding hydrogens is 308 g/mol. The minimum absolute atomic E-state index is 0.459. The lowest BCUT2D eigenvalue weighted by atomic mass is 9.89. The zero-order valence-electron chi connectivity index (χ0n) is 16.3. The predicted molar refractivity (Wildman–Crippen MR) is 108 cm³/mol. The van der Waals surface area contributed by atoms with Gasteiger partial charge in [0.25, 0.3) is 0 Å². The normalized spacial score (nSPS) is 13.6. The molecule has 0 radical (unpaired) electrons. The van der Waals surface area contributed by atoms with Gasteiger partial charge in [-0.05, 0) is 57.1 Å². The summed E-state index contributed by atoms with van der Waals surface area (Å²) < 4.78 is 5.78. The number of pyridine rings is 1. The first-order valence-corrected chi connectivity index (χ1v) is 9.40. The van der Waals surface area contributed by atoms with E-state index in [4.69, 9.17) is 15.1 Å². The van der Waals surface area contributed by atoms with E-state index in [0.29, 0.717) is 24.3 Å². The van der Waals surface area contributed by atoms with Crippen molar-refractivity contribution >= 4 is 5.71 Å². The van der Waals surface area contributed by atoms with Gasteiger partial charge in [0, 0.05) is 23.4 Å². The first-order valence-electron chi connectivity index (χ1n) is 9.40. The Morgan fingerprint density at radius 1 is 1.32 bits per heavy atom. The minimum Gasteiger partial charge on any atom is -0.473 e. The van der Waals surface area contributed by atoms with Gasteiger partial charge in [-0.2, -0.15) is 0 Å². The largest absolute Gasteiger partial charge is 0.473 e. The molecule has 0 aliphatic heterocycles. The molecule has 3 heteroatoms. The molecule has 138 valence electrons. The van der Waals surface area contributed by atoms with Crippen LogP contribution in [0.2, 0.25) is 0 Å². The van der Waals surface area contributed by atoms with E-state index in [9.17, 15) is 0 Å². The summed E-state index contributed by atoms with van der Waals surface area (Å²) in [5.41, 5.74) is 2.83. The van der Waals surface area contributed by atoms with Crippen LogP contribution < -0.4 is 4.74 Å². The number of hydrogen-bond donors (Lipinski definition) is 1. The third kappa shape index (κ3) is 8.67. The van der Waals surface area contributed by atoms with Crippen LogP contribution in [-0.2, 0) is 0 Å². The summed E-state index contributed by atoms with van der Waals surface area (Å²) in [4.78, 5) is 4.73. The van der Waals surface area contributed by atoms with Gasteiger partial charge < -0.3 is 10.1 Å². The monoisotopic (exact) mass is 342 g/mol. The van der Waals surface area contributed by atoms with E-state index >= 15 is 0 Å². The van der Waals surface area contributed by atoms with E-state index in [1.165, 1.54) is 0 Å². The molecule has 1 heterocycles. The van der Waals surface area contributed by atoms with Crippen LogP contribution in [0.1, 0.15) is 71.4 Å². The fourth-order valence-electron chi connectivity index (χ4n) is 3.09. The van der Waals surface area contributed by atoms with E-state index < -0.39 is 0 Å². The van der Waals surface area contributed by atoms with Crippen molar-refractivity contribution in [3.05, 3.63) is 48.2 Å². The van der Waals surface area contributed by atoms with Crippen molar-refractivity contribution in [2.24, 2.45) is 5.92 Å². The van der Waals surface area contributed by atoms with Gasteiger partial charge in [-0.3, -0.25) is 0 Å². The number of hydrogen-bond acceptors (Lipinski definition) is 3. The Morgan fingerprint density at radius 2 is 2.08 bits per heavy atom. The van der Waals surface area contributed by atoms with Gasteiger partial charge in [-0.25, -0.2) is 4.98 Å². The van der Waals surface area contributed by atoms with E-state index in [0.717, 1.165) is 49.1 Å². The van der Waals surface area contributed by atoms with Crippen molar-refractivity contribution in [3.8, 4) is 5.88 Å². The lowest BCUT2D eigenvalue weighted by Crippen LogP contribution is -2.08. The SMILES string of the molecule is C=C(/C=C\C)COc1cccc(C(CCC)CCC(C)CC(C)=N)n1. The van der Waals surface area contributed by atoms with E-state index in [-0.39, 0.29) is 0 Å². The molecule has 0 aliphatic carbocycles. The van der Waals surface area contributed by atoms with Crippen molar-refractivity contribution < 1.29 is 4.74 Å². The zero-order valence-corrected chi connectivity index (χ0v) is 16.3. The Hall–Kier alpha value is -1.90. The average Bonchev–Trinajstić information content (AvgIpc) is 2.56. The Bertz CT molecular complexity index is 577. The molecule has 1 aromatic rings. The van der Waals surface area contributed by atoms with Crippen LogP contribution in [0.4, 0.5) is 0 Å². The highest BCUT2D eigenvalue weighted by Gasteiger charge is 2.15. The molecule has 0 fully saturated rings. The number of aromatic nitrogens is 1. The quantitative estimate of drug-likeness (QED) is 0.357. The Kier molecular flexibility index (Phi) is 9.83. The highest BCUT2D eigenvalue weighted by atomic mass is 16.5. The summed E-state index contributed by atoms with van der Waals surface area (Å²) in [5.74, 6) is 1.69. The van der Waals surface area contributed by atoms with Crippen LogP contribution in [0, 0.1) is 11.3 Å². The van der Waals surface area contributed by atoms with E-state index in [1.54, 1.807) is 0 Å². The zero-order chi connectivity index (χ0) is 18.7. The van der Waals surface area contributed by atoms with Crippen LogP contribution in [0.15, 0.2) is 42.5 Å². The summed E-state index contributed by atoms with van der Waals surface area (Å²) in [7, 11) is 0. The molecule has 0 bridgehead atoms. The second-order valence-electron chi connectivity index (χ2n) is 7.00. The fraction of sp³-hybridized carbons (Fsp3) is 0.545.